The number of carbonyl (C=O) groups excluding carboxylic acids is 1. The third-order valence-electron chi connectivity index (χ3n) is 3.44. The maximum atomic E-state index is 12.3. The molecule has 110 valence electrons. The third kappa shape index (κ3) is 3.76. The van der Waals surface area contributed by atoms with E-state index in [1.807, 2.05) is 19.1 Å². The highest BCUT2D eigenvalue weighted by Crippen LogP contribution is 2.22. The van der Waals surface area contributed by atoms with E-state index < -0.39 is 0 Å². The van der Waals surface area contributed by atoms with E-state index in [-0.39, 0.29) is 11.9 Å². The van der Waals surface area contributed by atoms with Crippen LogP contribution in [0.15, 0.2) is 42.5 Å². The van der Waals surface area contributed by atoms with Crippen molar-refractivity contribution in [1.29, 1.82) is 0 Å². The van der Waals surface area contributed by atoms with Crippen molar-refractivity contribution >= 4 is 23.2 Å². The molecule has 1 unspecified atom stereocenters. The molecule has 0 aromatic heterocycles. The van der Waals surface area contributed by atoms with Crippen molar-refractivity contribution in [3.63, 3.8) is 0 Å². The van der Waals surface area contributed by atoms with Crippen LogP contribution in [0.1, 0.15) is 28.4 Å². The van der Waals surface area contributed by atoms with Crippen molar-refractivity contribution < 1.29 is 4.79 Å². The molecule has 2 aromatic carbocycles. The molecule has 21 heavy (non-hydrogen) atoms. The highest BCUT2D eigenvalue weighted by molar-refractivity contribution is 6.34. The van der Waals surface area contributed by atoms with Crippen molar-refractivity contribution in [2.75, 3.05) is 5.73 Å². The molecule has 0 saturated carbocycles. The molecule has 0 radical (unpaired) electrons. The van der Waals surface area contributed by atoms with Crippen molar-refractivity contribution in [2.24, 2.45) is 0 Å². The molecule has 2 rings (SSSR count). The van der Waals surface area contributed by atoms with Crippen LogP contribution in [-0.4, -0.2) is 11.9 Å². The summed E-state index contributed by atoms with van der Waals surface area (Å²) in [6, 6.07) is 13.2. The molecule has 0 saturated heterocycles. The van der Waals surface area contributed by atoms with Crippen molar-refractivity contribution in [2.45, 2.75) is 26.3 Å². The highest BCUT2D eigenvalue weighted by Gasteiger charge is 2.16. The first-order valence-electron chi connectivity index (χ1n) is 6.88. The second-order valence-electron chi connectivity index (χ2n) is 5.21. The zero-order valence-electron chi connectivity index (χ0n) is 12.2. The lowest BCUT2D eigenvalue weighted by atomic mass is 10.0. The monoisotopic (exact) mass is 302 g/mol. The number of rotatable bonds is 4. The molecular formula is C17H19ClN2O. The van der Waals surface area contributed by atoms with Gasteiger partial charge in [0.1, 0.15) is 0 Å². The van der Waals surface area contributed by atoms with Gasteiger partial charge in [-0.15, -0.1) is 0 Å². The second-order valence-corrected chi connectivity index (χ2v) is 5.62. The molecular weight excluding hydrogens is 284 g/mol. The first kappa shape index (κ1) is 15.4. The molecule has 3 nitrogen and oxygen atoms in total. The Bertz CT molecular complexity index is 635. The summed E-state index contributed by atoms with van der Waals surface area (Å²) in [5, 5.41) is 3.32. The van der Waals surface area contributed by atoms with E-state index in [0.29, 0.717) is 16.3 Å². The summed E-state index contributed by atoms with van der Waals surface area (Å²) >= 11 is 6.05. The summed E-state index contributed by atoms with van der Waals surface area (Å²) in [6.07, 6.45) is 0.767. The molecule has 0 aliphatic carbocycles. The number of halogens is 1. The van der Waals surface area contributed by atoms with Crippen LogP contribution in [0.3, 0.4) is 0 Å². The lowest BCUT2D eigenvalue weighted by Crippen LogP contribution is -2.34. The topological polar surface area (TPSA) is 55.1 Å². The van der Waals surface area contributed by atoms with Crippen LogP contribution < -0.4 is 11.1 Å². The van der Waals surface area contributed by atoms with Crippen LogP contribution in [0, 0.1) is 6.92 Å². The highest BCUT2D eigenvalue weighted by atomic mass is 35.5. The zero-order valence-corrected chi connectivity index (χ0v) is 12.9. The van der Waals surface area contributed by atoms with E-state index in [1.165, 1.54) is 11.1 Å². The number of nitrogen functional groups attached to an aromatic ring is 1. The molecule has 0 aliphatic rings. The maximum absolute atomic E-state index is 12.3. The van der Waals surface area contributed by atoms with Crippen LogP contribution in [0.25, 0.3) is 0 Å². The Morgan fingerprint density at radius 2 is 1.95 bits per heavy atom. The van der Waals surface area contributed by atoms with Gasteiger partial charge in [-0.3, -0.25) is 4.79 Å². The van der Waals surface area contributed by atoms with Gasteiger partial charge in [0.15, 0.2) is 0 Å². The van der Waals surface area contributed by atoms with E-state index >= 15 is 0 Å². The number of amides is 1. The minimum Gasteiger partial charge on any atom is -0.398 e. The smallest absolute Gasteiger partial charge is 0.255 e. The molecule has 4 heteroatoms. The van der Waals surface area contributed by atoms with Gasteiger partial charge in [-0.1, -0.05) is 41.9 Å². The molecule has 1 amide bonds. The summed E-state index contributed by atoms with van der Waals surface area (Å²) in [7, 11) is 0. The lowest BCUT2D eigenvalue weighted by Gasteiger charge is -2.16. The number of nitrogens with one attached hydrogen (secondary N) is 1. The predicted molar refractivity (Wildman–Crippen MR) is 87.7 cm³/mol. The minimum atomic E-state index is -0.237. The number of nitrogens with two attached hydrogens (primary N) is 1. The Labute approximate surface area is 130 Å². The molecule has 0 bridgehead atoms. The summed E-state index contributed by atoms with van der Waals surface area (Å²) in [5.41, 5.74) is 9.00. The van der Waals surface area contributed by atoms with Gasteiger partial charge in [0, 0.05) is 11.7 Å². The predicted octanol–water partition coefficient (Wildman–Crippen LogP) is 3.59. The van der Waals surface area contributed by atoms with Crippen LogP contribution >= 0.6 is 11.6 Å². The summed E-state index contributed by atoms with van der Waals surface area (Å²) in [4.78, 5) is 12.3. The molecule has 1 atom stereocenters. The lowest BCUT2D eigenvalue weighted by molar-refractivity contribution is 0.0941. The van der Waals surface area contributed by atoms with Crippen LogP contribution in [-0.2, 0) is 6.42 Å². The van der Waals surface area contributed by atoms with Gasteiger partial charge in [0.05, 0.1) is 10.6 Å². The van der Waals surface area contributed by atoms with Gasteiger partial charge in [0.2, 0.25) is 0 Å². The number of benzene rings is 2. The number of hydrogen-bond donors (Lipinski definition) is 2. The third-order valence-corrected chi connectivity index (χ3v) is 3.75. The van der Waals surface area contributed by atoms with E-state index in [9.17, 15) is 4.79 Å². The Morgan fingerprint density at radius 1 is 1.24 bits per heavy atom. The standard InChI is InChI=1S/C17H19ClN2O/c1-11-6-3-4-7-13(11)10-12(2)20-17(21)16-14(18)8-5-9-15(16)19/h3-9,12H,10,19H2,1-2H3,(H,20,21). The largest absolute Gasteiger partial charge is 0.398 e. The van der Waals surface area contributed by atoms with E-state index in [0.717, 1.165) is 6.42 Å². The minimum absolute atomic E-state index is 0.00530. The summed E-state index contributed by atoms with van der Waals surface area (Å²) in [5.74, 6) is -0.237. The fraction of sp³-hybridized carbons (Fsp3) is 0.235. The van der Waals surface area contributed by atoms with Crippen LogP contribution in [0.4, 0.5) is 5.69 Å². The van der Waals surface area contributed by atoms with Crippen molar-refractivity contribution in [1.82, 2.24) is 5.32 Å². The van der Waals surface area contributed by atoms with Gasteiger partial charge in [-0.2, -0.15) is 0 Å². The Morgan fingerprint density at radius 3 is 2.62 bits per heavy atom. The Kier molecular flexibility index (Phi) is 4.86. The molecule has 2 aromatic rings. The average Bonchev–Trinajstić information content (AvgIpc) is 2.41. The number of aryl methyl sites for hydroxylation is 1. The molecule has 0 spiro atoms. The van der Waals surface area contributed by atoms with Gasteiger partial charge < -0.3 is 11.1 Å². The van der Waals surface area contributed by atoms with E-state index in [2.05, 4.69) is 24.4 Å². The fourth-order valence-corrected chi connectivity index (χ4v) is 2.56. The number of anilines is 1. The molecule has 0 fully saturated rings. The maximum Gasteiger partial charge on any atom is 0.255 e. The van der Waals surface area contributed by atoms with Gasteiger partial charge in [-0.25, -0.2) is 0 Å². The SMILES string of the molecule is Cc1ccccc1CC(C)NC(=O)c1c(N)cccc1Cl. The summed E-state index contributed by atoms with van der Waals surface area (Å²) in [6.45, 7) is 4.04. The summed E-state index contributed by atoms with van der Waals surface area (Å²) < 4.78 is 0. The molecule has 3 N–H and O–H groups in total. The first-order chi connectivity index (χ1) is 9.99. The van der Waals surface area contributed by atoms with Crippen molar-refractivity contribution in [3.05, 3.63) is 64.2 Å². The van der Waals surface area contributed by atoms with Crippen LogP contribution in [0.2, 0.25) is 5.02 Å². The van der Waals surface area contributed by atoms with Crippen molar-refractivity contribution in [3.8, 4) is 0 Å². The quantitative estimate of drug-likeness (QED) is 0.848. The van der Waals surface area contributed by atoms with Gasteiger partial charge >= 0.3 is 0 Å². The van der Waals surface area contributed by atoms with Crippen LogP contribution in [0.5, 0.6) is 0 Å². The van der Waals surface area contributed by atoms with E-state index in [4.69, 9.17) is 17.3 Å². The second kappa shape index (κ2) is 6.64. The Balaban J connectivity index is 2.08. The average molecular weight is 303 g/mol. The molecule has 0 aliphatic heterocycles. The number of carbonyl (C=O) groups is 1. The first-order valence-corrected chi connectivity index (χ1v) is 7.26. The molecule has 0 heterocycles. The fourth-order valence-electron chi connectivity index (χ4n) is 2.30. The van der Waals surface area contributed by atoms with E-state index in [1.54, 1.807) is 18.2 Å². The zero-order chi connectivity index (χ0) is 15.4. The van der Waals surface area contributed by atoms with Gasteiger partial charge in [-0.05, 0) is 43.5 Å². The Hall–Kier alpha value is -2.00. The number of hydrogen-bond acceptors (Lipinski definition) is 2. The van der Waals surface area contributed by atoms with Gasteiger partial charge in [0.25, 0.3) is 5.91 Å². The normalized spacial score (nSPS) is 12.0.